The molecular weight excluding hydrogens is 436 g/mol. The number of thioether (sulfide) groups is 1. The molecule has 2 aromatic carbocycles. The van der Waals surface area contributed by atoms with Crippen LogP contribution in [0.5, 0.6) is 11.5 Å². The number of thiocarbonyl (C=S) groups is 1. The highest BCUT2D eigenvalue weighted by atomic mass is 32.2. The number of amides is 2. The predicted molar refractivity (Wildman–Crippen MR) is 125 cm³/mol. The summed E-state index contributed by atoms with van der Waals surface area (Å²) in [5.74, 6) is 0.464. The molecule has 31 heavy (non-hydrogen) atoms. The SMILES string of the molecule is COc1ccc(/C=C2\SC(=S)N(CC(=O)N(CCO)c3ccccc3)C2=O)cc1OC. The van der Waals surface area contributed by atoms with Crippen LogP contribution in [0, 0.1) is 0 Å². The molecule has 1 aliphatic rings. The van der Waals surface area contributed by atoms with Crippen LogP contribution in [0.25, 0.3) is 6.08 Å². The third-order valence-corrected chi connectivity index (χ3v) is 5.94. The lowest BCUT2D eigenvalue weighted by Gasteiger charge is -2.24. The summed E-state index contributed by atoms with van der Waals surface area (Å²) in [7, 11) is 3.09. The quantitative estimate of drug-likeness (QED) is 0.481. The smallest absolute Gasteiger partial charge is 0.266 e. The molecule has 0 unspecified atom stereocenters. The lowest BCUT2D eigenvalue weighted by atomic mass is 10.2. The molecule has 7 nitrogen and oxygen atoms in total. The van der Waals surface area contributed by atoms with Crippen LogP contribution in [0.1, 0.15) is 5.56 Å². The van der Waals surface area contributed by atoms with E-state index in [1.54, 1.807) is 55.7 Å². The van der Waals surface area contributed by atoms with E-state index in [0.717, 1.165) is 17.3 Å². The maximum absolute atomic E-state index is 12.9. The lowest BCUT2D eigenvalue weighted by Crippen LogP contribution is -2.43. The fourth-order valence-electron chi connectivity index (χ4n) is 3.06. The predicted octanol–water partition coefficient (Wildman–Crippen LogP) is 2.93. The first-order valence-electron chi connectivity index (χ1n) is 9.42. The third kappa shape index (κ3) is 5.25. The molecule has 0 bridgehead atoms. The summed E-state index contributed by atoms with van der Waals surface area (Å²) in [6, 6.07) is 14.3. The van der Waals surface area contributed by atoms with Gasteiger partial charge >= 0.3 is 0 Å². The second-order valence-electron chi connectivity index (χ2n) is 6.49. The van der Waals surface area contributed by atoms with Gasteiger partial charge in [0.25, 0.3) is 5.91 Å². The summed E-state index contributed by atoms with van der Waals surface area (Å²) < 4.78 is 10.8. The van der Waals surface area contributed by atoms with E-state index in [4.69, 9.17) is 21.7 Å². The number of para-hydroxylation sites is 1. The van der Waals surface area contributed by atoms with Gasteiger partial charge in [-0.1, -0.05) is 48.2 Å². The number of rotatable bonds is 8. The minimum absolute atomic E-state index is 0.124. The van der Waals surface area contributed by atoms with E-state index in [1.165, 1.54) is 16.9 Å². The van der Waals surface area contributed by atoms with Crippen molar-refractivity contribution in [2.24, 2.45) is 0 Å². The number of ether oxygens (including phenoxy) is 2. The van der Waals surface area contributed by atoms with Gasteiger partial charge in [-0.15, -0.1) is 0 Å². The third-order valence-electron chi connectivity index (χ3n) is 4.56. The van der Waals surface area contributed by atoms with Crippen molar-refractivity contribution in [3.05, 3.63) is 59.0 Å². The second-order valence-corrected chi connectivity index (χ2v) is 8.16. The topological polar surface area (TPSA) is 79.3 Å². The first kappa shape index (κ1) is 22.8. The van der Waals surface area contributed by atoms with Gasteiger partial charge in [0.2, 0.25) is 5.91 Å². The fraction of sp³-hybridized carbons (Fsp3) is 0.227. The van der Waals surface area contributed by atoms with Crippen LogP contribution < -0.4 is 14.4 Å². The molecule has 3 rings (SSSR count). The molecule has 2 amide bonds. The molecular formula is C22H22N2O5S2. The molecule has 1 N–H and O–H groups in total. The van der Waals surface area contributed by atoms with Gasteiger partial charge in [0.15, 0.2) is 11.5 Å². The molecule has 0 atom stereocenters. The van der Waals surface area contributed by atoms with E-state index in [-0.39, 0.29) is 31.5 Å². The van der Waals surface area contributed by atoms with Crippen LogP contribution >= 0.6 is 24.0 Å². The van der Waals surface area contributed by atoms with Crippen molar-refractivity contribution in [3.63, 3.8) is 0 Å². The monoisotopic (exact) mass is 458 g/mol. The van der Waals surface area contributed by atoms with Gasteiger partial charge in [-0.2, -0.15) is 0 Å². The van der Waals surface area contributed by atoms with Gasteiger partial charge in [-0.25, -0.2) is 0 Å². The van der Waals surface area contributed by atoms with E-state index in [0.29, 0.717) is 26.4 Å². The molecule has 0 spiro atoms. The molecule has 1 saturated heterocycles. The highest BCUT2D eigenvalue weighted by molar-refractivity contribution is 8.26. The van der Waals surface area contributed by atoms with E-state index >= 15 is 0 Å². The van der Waals surface area contributed by atoms with Crippen LogP contribution in [0.15, 0.2) is 53.4 Å². The van der Waals surface area contributed by atoms with Crippen LogP contribution in [-0.2, 0) is 9.59 Å². The fourth-order valence-corrected chi connectivity index (χ4v) is 4.31. The van der Waals surface area contributed by atoms with Gasteiger partial charge < -0.3 is 19.5 Å². The van der Waals surface area contributed by atoms with Gasteiger partial charge in [0, 0.05) is 12.2 Å². The van der Waals surface area contributed by atoms with Crippen molar-refractivity contribution in [1.82, 2.24) is 4.90 Å². The van der Waals surface area contributed by atoms with E-state index in [1.807, 2.05) is 6.07 Å². The number of carbonyl (C=O) groups is 2. The molecule has 0 aliphatic carbocycles. The van der Waals surface area contributed by atoms with Gasteiger partial charge in [-0.05, 0) is 35.9 Å². The zero-order chi connectivity index (χ0) is 22.4. The highest BCUT2D eigenvalue weighted by Crippen LogP contribution is 2.34. The van der Waals surface area contributed by atoms with Crippen LogP contribution in [0.3, 0.4) is 0 Å². The van der Waals surface area contributed by atoms with E-state index < -0.39 is 0 Å². The maximum Gasteiger partial charge on any atom is 0.266 e. The number of aliphatic hydroxyl groups excluding tert-OH is 1. The average molecular weight is 459 g/mol. The Kier molecular flexibility index (Phi) is 7.67. The molecule has 1 aliphatic heterocycles. The first-order chi connectivity index (χ1) is 15.0. The molecule has 0 aromatic heterocycles. The van der Waals surface area contributed by atoms with E-state index in [2.05, 4.69) is 0 Å². The summed E-state index contributed by atoms with van der Waals surface area (Å²) in [4.78, 5) is 29.0. The van der Waals surface area contributed by atoms with Crippen molar-refractivity contribution < 1.29 is 24.2 Å². The number of carbonyl (C=O) groups excluding carboxylic acids is 2. The van der Waals surface area contributed by atoms with E-state index in [9.17, 15) is 14.7 Å². The number of benzene rings is 2. The molecule has 2 aromatic rings. The standard InChI is InChI=1S/C22H22N2O5S2/c1-28-17-9-8-15(12-18(17)29-2)13-19-21(27)24(22(30)31-19)14-20(26)23(10-11-25)16-6-4-3-5-7-16/h3-9,12-13,25H,10-11,14H2,1-2H3/b19-13-. The summed E-state index contributed by atoms with van der Waals surface area (Å²) in [6.45, 7) is -0.278. The summed E-state index contributed by atoms with van der Waals surface area (Å²) in [6.07, 6.45) is 1.70. The van der Waals surface area contributed by atoms with Crippen LogP contribution in [-0.4, -0.2) is 60.1 Å². The van der Waals surface area contributed by atoms with Crippen LogP contribution in [0.4, 0.5) is 5.69 Å². The van der Waals surface area contributed by atoms with Gasteiger partial charge in [0.1, 0.15) is 10.9 Å². The van der Waals surface area contributed by atoms with Crippen molar-refractivity contribution in [2.75, 3.05) is 38.8 Å². The normalized spacial score (nSPS) is 14.8. The summed E-state index contributed by atoms with van der Waals surface area (Å²) in [5, 5.41) is 9.37. The molecule has 162 valence electrons. The maximum atomic E-state index is 12.9. The Bertz CT molecular complexity index is 1010. The number of hydrogen-bond acceptors (Lipinski definition) is 7. The number of aliphatic hydroxyl groups is 1. The minimum Gasteiger partial charge on any atom is -0.493 e. The molecule has 9 heteroatoms. The van der Waals surface area contributed by atoms with Crippen molar-refractivity contribution >= 4 is 51.9 Å². The van der Waals surface area contributed by atoms with Crippen molar-refractivity contribution in [1.29, 1.82) is 0 Å². The number of hydrogen-bond donors (Lipinski definition) is 1. The molecule has 0 radical (unpaired) electrons. The molecule has 1 heterocycles. The number of methoxy groups -OCH3 is 2. The largest absolute Gasteiger partial charge is 0.493 e. The van der Waals surface area contributed by atoms with Gasteiger partial charge in [0.05, 0.1) is 25.7 Å². The highest BCUT2D eigenvalue weighted by Gasteiger charge is 2.34. The Morgan fingerprint density at radius 3 is 2.52 bits per heavy atom. The Balaban J connectivity index is 1.78. The second kappa shape index (κ2) is 10.4. The van der Waals surface area contributed by atoms with Gasteiger partial charge in [-0.3, -0.25) is 14.5 Å². The van der Waals surface area contributed by atoms with Crippen LogP contribution in [0.2, 0.25) is 0 Å². The zero-order valence-corrected chi connectivity index (χ0v) is 18.7. The molecule has 1 fully saturated rings. The number of nitrogens with zero attached hydrogens (tertiary/aromatic N) is 2. The Hall–Kier alpha value is -2.88. The number of anilines is 1. The molecule has 0 saturated carbocycles. The zero-order valence-electron chi connectivity index (χ0n) is 17.1. The average Bonchev–Trinajstić information content (AvgIpc) is 3.05. The first-order valence-corrected chi connectivity index (χ1v) is 10.6. The van der Waals surface area contributed by atoms with Crippen molar-refractivity contribution in [3.8, 4) is 11.5 Å². The summed E-state index contributed by atoms with van der Waals surface area (Å²) >= 11 is 6.49. The minimum atomic E-state index is -0.338. The summed E-state index contributed by atoms with van der Waals surface area (Å²) in [5.41, 5.74) is 1.39. The Morgan fingerprint density at radius 2 is 1.87 bits per heavy atom. The lowest BCUT2D eigenvalue weighted by molar-refractivity contribution is -0.127. The van der Waals surface area contributed by atoms with Crippen molar-refractivity contribution in [2.45, 2.75) is 0 Å². The Labute approximate surface area is 190 Å². The Morgan fingerprint density at radius 1 is 1.16 bits per heavy atom.